The van der Waals surface area contributed by atoms with Crippen molar-refractivity contribution in [3.63, 3.8) is 0 Å². The van der Waals surface area contributed by atoms with Crippen molar-refractivity contribution in [3.05, 3.63) is 0 Å². The van der Waals surface area contributed by atoms with Gasteiger partial charge < -0.3 is 21.3 Å². The van der Waals surface area contributed by atoms with Crippen molar-refractivity contribution in [2.45, 2.75) is 157 Å². The van der Waals surface area contributed by atoms with Gasteiger partial charge >= 0.3 is 12.1 Å². The molecule has 0 heterocycles. The predicted octanol–water partition coefficient (Wildman–Crippen LogP) is 5.00. The van der Waals surface area contributed by atoms with Crippen LogP contribution in [-0.4, -0.2) is 61.1 Å². The molecule has 3 aliphatic carbocycles. The molecule has 3 saturated carbocycles. The van der Waals surface area contributed by atoms with Crippen LogP contribution in [0.2, 0.25) is 0 Å². The van der Waals surface area contributed by atoms with E-state index in [9.17, 15) is 27.6 Å². The van der Waals surface area contributed by atoms with E-state index in [1.807, 2.05) is 69.2 Å². The number of hydrogen-bond acceptors (Lipinski definition) is 6. The van der Waals surface area contributed by atoms with Gasteiger partial charge in [0.1, 0.15) is 5.78 Å². The zero-order valence-corrected chi connectivity index (χ0v) is 29.6. The summed E-state index contributed by atoms with van der Waals surface area (Å²) < 4.78 is 24.4. The summed E-state index contributed by atoms with van der Waals surface area (Å²) in [4.78, 5) is 44.2. The molecule has 0 saturated heterocycles. The second-order valence-corrected chi connectivity index (χ2v) is 16.7. The highest BCUT2D eigenvalue weighted by Crippen LogP contribution is 2.35. The fraction of sp³-hybridized carbons (Fsp3) is 0.871. The lowest BCUT2D eigenvalue weighted by molar-refractivity contribution is -0.126. The van der Waals surface area contributed by atoms with Crippen molar-refractivity contribution in [1.29, 1.82) is 0 Å². The molecule has 3 rings (SSSR count). The van der Waals surface area contributed by atoms with Crippen LogP contribution in [-0.2, 0) is 19.6 Å². The van der Waals surface area contributed by atoms with Gasteiger partial charge in [0, 0.05) is 41.4 Å². The minimum absolute atomic E-state index is 0.0417. The van der Waals surface area contributed by atoms with Crippen LogP contribution in [0, 0.1) is 17.3 Å². The summed E-state index contributed by atoms with van der Waals surface area (Å²) in [6.45, 7) is 23.0. The molecule has 11 nitrogen and oxygen atoms in total. The number of carbonyl (C=O) groups is 4. The van der Waals surface area contributed by atoms with E-state index in [0.29, 0.717) is 24.7 Å². The smallest absolute Gasteiger partial charge is 0.315 e. The molecule has 3 aliphatic rings. The fourth-order valence-corrected chi connectivity index (χ4v) is 4.41. The maximum absolute atomic E-state index is 11.3. The standard InChI is InChI=1S/C9H16O.C8H16N2O.C7H16N2O.C7H13NO3S/c1-9(2,3)8(10)6-7-4-5-7;1-8(2,3)10-7(11)9-6-4-5-6;1-5(2)8-7(10)9-6(3)4;1-5(2)7(9)8-12(10,11)6-3-4-6/h7H,4-6H2,1-3H3;6H,4-5H2,1-3H3,(H2,9,10,11);5-6H,1-4H3,(H2,8,9,10);5-6H,3-4H2,1-2H3,(H,8,9). The van der Waals surface area contributed by atoms with Crippen molar-refractivity contribution in [3.8, 4) is 0 Å². The number of rotatable bonds is 8. The second-order valence-electron chi connectivity index (χ2n) is 14.7. The predicted molar refractivity (Wildman–Crippen MR) is 173 cm³/mol. The van der Waals surface area contributed by atoms with E-state index < -0.39 is 15.9 Å². The highest BCUT2D eigenvalue weighted by Gasteiger charge is 2.37. The molecule has 0 bridgehead atoms. The Bertz CT molecular complexity index is 989. The molecule has 3 fully saturated rings. The van der Waals surface area contributed by atoms with Crippen LogP contribution in [0.15, 0.2) is 0 Å². The van der Waals surface area contributed by atoms with Crippen LogP contribution < -0.4 is 26.0 Å². The molecule has 5 amide bonds. The lowest BCUT2D eigenvalue weighted by Gasteiger charge is -2.20. The normalized spacial score (nSPS) is 16.3. The number of urea groups is 2. The number of carbonyl (C=O) groups excluding carboxylic acids is 4. The highest BCUT2D eigenvalue weighted by atomic mass is 32.2. The van der Waals surface area contributed by atoms with Crippen molar-refractivity contribution in [2.24, 2.45) is 17.3 Å². The SMILES string of the molecule is CC(C)(C)C(=O)CC1CC1.CC(C)(C)NC(=O)NC1CC1.CC(C)C(=O)NS(=O)(=O)C1CC1.CC(C)NC(=O)NC(C)C. The van der Waals surface area contributed by atoms with E-state index in [-0.39, 0.29) is 46.3 Å². The zero-order chi connectivity index (χ0) is 33.8. The first kappa shape index (κ1) is 40.6. The third kappa shape index (κ3) is 23.7. The van der Waals surface area contributed by atoms with Crippen LogP contribution >= 0.6 is 0 Å². The van der Waals surface area contributed by atoms with Gasteiger partial charge in [0.2, 0.25) is 15.9 Å². The van der Waals surface area contributed by atoms with E-state index >= 15 is 0 Å². The number of nitrogens with one attached hydrogen (secondary N) is 5. The Kier molecular flexibility index (Phi) is 16.8. The Morgan fingerprint density at radius 3 is 1.49 bits per heavy atom. The summed E-state index contributed by atoms with van der Waals surface area (Å²) in [5.74, 6) is 0.474. The monoisotopic (exact) mass is 631 g/mol. The number of sulfonamides is 1. The third-order valence-electron chi connectivity index (χ3n) is 5.98. The molecule has 43 heavy (non-hydrogen) atoms. The summed E-state index contributed by atoms with van der Waals surface area (Å²) in [5, 5.41) is 10.8. The average molecular weight is 632 g/mol. The van der Waals surface area contributed by atoms with Gasteiger partial charge in [0.05, 0.1) is 5.25 Å². The molecule has 5 N–H and O–H groups in total. The number of Topliss-reactive ketones (excluding diaryl/α,β-unsaturated/α-hetero) is 1. The third-order valence-corrected chi connectivity index (χ3v) is 7.81. The summed E-state index contributed by atoms with van der Waals surface area (Å²) in [6, 6.07) is 0.722. The van der Waals surface area contributed by atoms with Crippen molar-refractivity contribution >= 4 is 33.8 Å². The van der Waals surface area contributed by atoms with E-state index in [1.54, 1.807) is 13.8 Å². The first-order chi connectivity index (χ1) is 19.4. The first-order valence-corrected chi connectivity index (χ1v) is 17.2. The fourth-order valence-electron chi connectivity index (χ4n) is 2.97. The first-order valence-electron chi connectivity index (χ1n) is 15.7. The molecule has 0 aliphatic heterocycles. The quantitative estimate of drug-likeness (QED) is 0.253. The molecule has 0 radical (unpaired) electrons. The van der Waals surface area contributed by atoms with Gasteiger partial charge in [0.15, 0.2) is 0 Å². The average Bonchev–Trinajstić information content (AvgIpc) is 3.63. The molecule has 0 aromatic heterocycles. The minimum atomic E-state index is -3.33. The topological polar surface area (TPSA) is 163 Å². The van der Waals surface area contributed by atoms with Crippen LogP contribution in [0.5, 0.6) is 0 Å². The molecule has 12 heteroatoms. The van der Waals surface area contributed by atoms with Gasteiger partial charge in [-0.05, 0) is 92.9 Å². The highest BCUT2D eigenvalue weighted by molar-refractivity contribution is 7.90. The molecular formula is C31H61N5O6S. The van der Waals surface area contributed by atoms with E-state index in [4.69, 9.17) is 0 Å². The summed E-state index contributed by atoms with van der Waals surface area (Å²) in [5.41, 5.74) is -0.235. The Hall–Kier alpha value is -2.37. The maximum Gasteiger partial charge on any atom is 0.315 e. The Morgan fingerprint density at radius 2 is 1.19 bits per heavy atom. The second kappa shape index (κ2) is 17.8. The van der Waals surface area contributed by atoms with Gasteiger partial charge in [-0.15, -0.1) is 0 Å². The van der Waals surface area contributed by atoms with Gasteiger partial charge in [-0.25, -0.2) is 18.0 Å². The van der Waals surface area contributed by atoms with Gasteiger partial charge in [-0.1, -0.05) is 34.6 Å². The lowest BCUT2D eigenvalue weighted by atomic mass is 9.88. The van der Waals surface area contributed by atoms with Crippen LogP contribution in [0.3, 0.4) is 0 Å². The number of amides is 5. The largest absolute Gasteiger partial charge is 0.336 e. The number of ketones is 1. The molecule has 0 aromatic carbocycles. The maximum atomic E-state index is 11.3. The van der Waals surface area contributed by atoms with Crippen molar-refractivity contribution < 1.29 is 27.6 Å². The number of hydrogen-bond donors (Lipinski definition) is 5. The Balaban J connectivity index is 0.000000549. The van der Waals surface area contributed by atoms with Crippen LogP contribution in [0.1, 0.15) is 128 Å². The van der Waals surface area contributed by atoms with Gasteiger partial charge in [-0.2, -0.15) is 0 Å². The minimum Gasteiger partial charge on any atom is -0.336 e. The molecule has 0 spiro atoms. The van der Waals surface area contributed by atoms with Crippen molar-refractivity contribution in [1.82, 2.24) is 26.0 Å². The van der Waals surface area contributed by atoms with Gasteiger partial charge in [0.25, 0.3) is 0 Å². The van der Waals surface area contributed by atoms with Crippen LogP contribution in [0.25, 0.3) is 0 Å². The Labute approximate surface area is 261 Å². The molecule has 252 valence electrons. The molecular weight excluding hydrogens is 570 g/mol. The van der Waals surface area contributed by atoms with Crippen molar-refractivity contribution in [2.75, 3.05) is 0 Å². The Morgan fingerprint density at radius 1 is 0.721 bits per heavy atom. The van der Waals surface area contributed by atoms with E-state index in [2.05, 4.69) is 26.0 Å². The molecule has 0 atom stereocenters. The summed E-state index contributed by atoms with van der Waals surface area (Å²) in [7, 11) is -3.33. The lowest BCUT2D eigenvalue weighted by Crippen LogP contribution is -2.47. The van der Waals surface area contributed by atoms with E-state index in [0.717, 1.165) is 25.2 Å². The summed E-state index contributed by atoms with van der Waals surface area (Å²) >= 11 is 0. The summed E-state index contributed by atoms with van der Waals surface area (Å²) in [6.07, 6.45) is 7.02. The van der Waals surface area contributed by atoms with E-state index in [1.165, 1.54) is 12.8 Å². The molecule has 0 unspecified atom stereocenters. The van der Waals surface area contributed by atoms with Crippen LogP contribution in [0.4, 0.5) is 9.59 Å². The van der Waals surface area contributed by atoms with Gasteiger partial charge in [-0.3, -0.25) is 14.3 Å². The zero-order valence-electron chi connectivity index (χ0n) is 28.8. The molecule has 0 aromatic rings.